The van der Waals surface area contributed by atoms with Gasteiger partial charge in [0.15, 0.2) is 9.53 Å². The molecule has 0 aromatic carbocycles. The second-order valence-electron chi connectivity index (χ2n) is 1.57. The lowest BCUT2D eigenvalue weighted by atomic mass is 10.5. The number of halogens is 4. The Labute approximate surface area is 68.0 Å². The van der Waals surface area contributed by atoms with Crippen LogP contribution in [0.4, 0.5) is 13.2 Å². The van der Waals surface area contributed by atoms with Gasteiger partial charge in [0, 0.05) is 6.20 Å². The highest BCUT2D eigenvalue weighted by Crippen LogP contribution is 2.27. The van der Waals surface area contributed by atoms with Gasteiger partial charge in [-0.3, -0.25) is 0 Å². The fourth-order valence-electron chi connectivity index (χ4n) is 0.443. The van der Waals surface area contributed by atoms with E-state index in [1.807, 2.05) is 0 Å². The van der Waals surface area contributed by atoms with Gasteiger partial charge >= 0.3 is 6.18 Å². The standard InChI is InChI=1S/C4H2F3IN2/c5-4(6,7)2-1-9-3(8)10-2/h1H,(H,9,10). The van der Waals surface area contributed by atoms with Crippen LogP contribution in [0.25, 0.3) is 0 Å². The van der Waals surface area contributed by atoms with Crippen LogP contribution in [0.3, 0.4) is 0 Å². The summed E-state index contributed by atoms with van der Waals surface area (Å²) in [5.41, 5.74) is -0.878. The van der Waals surface area contributed by atoms with Gasteiger partial charge in [0.25, 0.3) is 0 Å². The Kier molecular flexibility index (Phi) is 1.88. The van der Waals surface area contributed by atoms with Gasteiger partial charge in [0.2, 0.25) is 0 Å². The lowest BCUT2D eigenvalue weighted by Crippen LogP contribution is -2.04. The molecule has 0 atom stereocenters. The molecule has 10 heavy (non-hydrogen) atoms. The molecule has 0 amide bonds. The Morgan fingerprint density at radius 3 is 2.30 bits per heavy atom. The molecule has 0 aliphatic rings. The summed E-state index contributed by atoms with van der Waals surface area (Å²) in [5.74, 6) is 0. The molecule has 1 aromatic heterocycles. The van der Waals surface area contributed by atoms with Gasteiger partial charge in [-0.25, -0.2) is 4.98 Å². The highest BCUT2D eigenvalue weighted by molar-refractivity contribution is 14.1. The zero-order valence-electron chi connectivity index (χ0n) is 4.54. The number of rotatable bonds is 0. The average molecular weight is 262 g/mol. The van der Waals surface area contributed by atoms with Gasteiger partial charge in [-0.2, -0.15) is 13.2 Å². The maximum absolute atomic E-state index is 11.7. The average Bonchev–Trinajstić information content (AvgIpc) is 2.11. The lowest BCUT2D eigenvalue weighted by Gasteiger charge is -1.98. The predicted octanol–water partition coefficient (Wildman–Crippen LogP) is 2.03. The molecule has 0 aliphatic heterocycles. The van der Waals surface area contributed by atoms with Crippen molar-refractivity contribution < 1.29 is 13.2 Å². The predicted molar refractivity (Wildman–Crippen MR) is 36.3 cm³/mol. The molecule has 0 saturated carbocycles. The number of aromatic nitrogens is 2. The SMILES string of the molecule is FC(F)(F)c1c[nH]c(I)n1. The topological polar surface area (TPSA) is 28.7 Å². The monoisotopic (exact) mass is 262 g/mol. The third-order valence-electron chi connectivity index (χ3n) is 0.837. The van der Waals surface area contributed by atoms with Gasteiger partial charge in [-0.05, 0) is 22.6 Å². The number of nitrogens with one attached hydrogen (secondary N) is 1. The molecule has 0 radical (unpaired) electrons. The largest absolute Gasteiger partial charge is 0.434 e. The summed E-state index contributed by atoms with van der Waals surface area (Å²) in [4.78, 5) is 5.52. The van der Waals surface area contributed by atoms with E-state index in [1.165, 1.54) is 0 Å². The van der Waals surface area contributed by atoms with Crippen molar-refractivity contribution in [3.63, 3.8) is 0 Å². The molecule has 0 spiro atoms. The maximum atomic E-state index is 11.7. The summed E-state index contributed by atoms with van der Waals surface area (Å²) < 4.78 is 35.4. The van der Waals surface area contributed by atoms with Gasteiger partial charge in [0.05, 0.1) is 0 Å². The van der Waals surface area contributed by atoms with Gasteiger partial charge in [-0.15, -0.1) is 0 Å². The molecule has 56 valence electrons. The zero-order valence-corrected chi connectivity index (χ0v) is 6.69. The van der Waals surface area contributed by atoms with E-state index >= 15 is 0 Å². The quantitative estimate of drug-likeness (QED) is 0.712. The van der Waals surface area contributed by atoms with Gasteiger partial charge < -0.3 is 4.98 Å². The number of hydrogen-bond donors (Lipinski definition) is 1. The number of aromatic amines is 1. The molecule has 0 fully saturated rings. The first-order valence-electron chi connectivity index (χ1n) is 2.28. The smallest absolute Gasteiger partial charge is 0.339 e. The second kappa shape index (κ2) is 2.40. The van der Waals surface area contributed by atoms with Crippen molar-refractivity contribution in [2.75, 3.05) is 0 Å². The van der Waals surface area contributed by atoms with Crippen LogP contribution in [0.15, 0.2) is 6.20 Å². The van der Waals surface area contributed by atoms with Crippen molar-refractivity contribution in [1.82, 2.24) is 9.97 Å². The molecule has 1 aromatic rings. The summed E-state index contributed by atoms with van der Waals surface area (Å²) in [6.45, 7) is 0. The van der Waals surface area contributed by atoms with E-state index in [1.54, 1.807) is 22.6 Å². The van der Waals surface area contributed by atoms with Crippen molar-refractivity contribution in [2.24, 2.45) is 0 Å². The maximum Gasteiger partial charge on any atom is 0.434 e. The lowest BCUT2D eigenvalue weighted by molar-refractivity contribution is -0.140. The summed E-state index contributed by atoms with van der Waals surface area (Å²) in [6, 6.07) is 0. The van der Waals surface area contributed by atoms with Crippen molar-refractivity contribution in [1.29, 1.82) is 0 Å². The minimum Gasteiger partial charge on any atom is -0.339 e. The van der Waals surface area contributed by atoms with Crippen LogP contribution in [0.2, 0.25) is 0 Å². The van der Waals surface area contributed by atoms with E-state index in [0.29, 0.717) is 0 Å². The minimum absolute atomic E-state index is 0.241. The normalized spacial score (nSPS) is 12.0. The summed E-state index contributed by atoms with van der Waals surface area (Å²) in [6.07, 6.45) is -3.50. The molecule has 1 N–H and O–H groups in total. The van der Waals surface area contributed by atoms with Gasteiger partial charge in [0.1, 0.15) is 0 Å². The van der Waals surface area contributed by atoms with Crippen LogP contribution in [0.1, 0.15) is 5.69 Å². The summed E-state index contributed by atoms with van der Waals surface area (Å²) in [7, 11) is 0. The van der Waals surface area contributed by atoms with Crippen LogP contribution in [0, 0.1) is 3.83 Å². The number of H-pyrrole nitrogens is 1. The van der Waals surface area contributed by atoms with Crippen LogP contribution in [-0.2, 0) is 6.18 Å². The van der Waals surface area contributed by atoms with Crippen molar-refractivity contribution in [3.05, 3.63) is 15.7 Å². The number of imidazole rings is 1. The first-order valence-corrected chi connectivity index (χ1v) is 3.36. The fourth-order valence-corrected chi connectivity index (χ4v) is 0.859. The highest BCUT2D eigenvalue weighted by Gasteiger charge is 2.33. The number of nitrogens with zero attached hydrogens (tertiary/aromatic N) is 1. The van der Waals surface area contributed by atoms with Crippen molar-refractivity contribution in [3.8, 4) is 0 Å². The first-order chi connectivity index (χ1) is 4.50. The molecule has 1 heterocycles. The van der Waals surface area contributed by atoms with E-state index in [4.69, 9.17) is 0 Å². The Morgan fingerprint density at radius 2 is 2.10 bits per heavy atom. The fraction of sp³-hybridized carbons (Fsp3) is 0.250. The summed E-state index contributed by atoms with van der Waals surface area (Å²) >= 11 is 1.67. The van der Waals surface area contributed by atoms with E-state index in [-0.39, 0.29) is 3.83 Å². The van der Waals surface area contributed by atoms with Crippen molar-refractivity contribution in [2.45, 2.75) is 6.18 Å². The van der Waals surface area contributed by atoms with E-state index in [2.05, 4.69) is 9.97 Å². The Morgan fingerprint density at radius 1 is 1.50 bits per heavy atom. The van der Waals surface area contributed by atoms with Crippen LogP contribution >= 0.6 is 22.6 Å². The molecule has 6 heteroatoms. The molecular weight excluding hydrogens is 260 g/mol. The summed E-state index contributed by atoms with van der Waals surface area (Å²) in [5, 5.41) is 0. The van der Waals surface area contributed by atoms with E-state index < -0.39 is 11.9 Å². The number of alkyl halides is 3. The van der Waals surface area contributed by atoms with Gasteiger partial charge in [-0.1, -0.05) is 0 Å². The molecule has 0 saturated heterocycles. The van der Waals surface area contributed by atoms with Crippen LogP contribution in [0.5, 0.6) is 0 Å². The third kappa shape index (κ3) is 1.61. The Bertz CT molecular complexity index is 229. The Balaban J connectivity index is 2.96. The van der Waals surface area contributed by atoms with E-state index in [0.717, 1.165) is 6.20 Å². The zero-order chi connectivity index (χ0) is 7.78. The number of hydrogen-bond acceptors (Lipinski definition) is 1. The molecule has 0 bridgehead atoms. The first kappa shape index (κ1) is 7.83. The molecular formula is C4H2F3IN2. The Hall–Kier alpha value is -0.270. The van der Waals surface area contributed by atoms with Crippen LogP contribution < -0.4 is 0 Å². The van der Waals surface area contributed by atoms with E-state index in [9.17, 15) is 13.2 Å². The second-order valence-corrected chi connectivity index (χ2v) is 2.60. The molecule has 1 rings (SSSR count). The molecule has 2 nitrogen and oxygen atoms in total. The molecule has 0 aliphatic carbocycles. The molecule has 0 unspecified atom stereocenters. The van der Waals surface area contributed by atoms with Crippen LogP contribution in [-0.4, -0.2) is 9.97 Å². The van der Waals surface area contributed by atoms with Crippen molar-refractivity contribution >= 4 is 22.6 Å². The minimum atomic E-state index is -4.33. The highest BCUT2D eigenvalue weighted by atomic mass is 127. The third-order valence-corrected chi connectivity index (χ3v) is 1.39.